The molecule has 1 aromatic heterocycles. The number of amides is 1. The highest BCUT2D eigenvalue weighted by Crippen LogP contribution is 2.33. The second kappa shape index (κ2) is 8.33. The van der Waals surface area contributed by atoms with Crippen molar-refractivity contribution in [2.24, 2.45) is 11.8 Å². The number of aryl methyl sites for hydroxylation is 1. The first-order valence-corrected chi connectivity index (χ1v) is 10.2. The van der Waals surface area contributed by atoms with Crippen LogP contribution >= 0.6 is 0 Å². The summed E-state index contributed by atoms with van der Waals surface area (Å²) < 4.78 is 5.73. The van der Waals surface area contributed by atoms with Crippen molar-refractivity contribution >= 4 is 11.9 Å². The number of nitrogens with zero attached hydrogens (tertiary/aromatic N) is 2. The zero-order valence-electron chi connectivity index (χ0n) is 16.6. The summed E-state index contributed by atoms with van der Waals surface area (Å²) in [6.45, 7) is 3.63. The summed E-state index contributed by atoms with van der Waals surface area (Å²) in [7, 11) is 0. The molecule has 2 atom stereocenters. The van der Waals surface area contributed by atoms with Crippen LogP contribution in [0.15, 0.2) is 42.5 Å². The van der Waals surface area contributed by atoms with Crippen molar-refractivity contribution in [3.05, 3.63) is 53.7 Å². The summed E-state index contributed by atoms with van der Waals surface area (Å²) in [6, 6.07) is 13.7. The third kappa shape index (κ3) is 4.03. The van der Waals surface area contributed by atoms with Gasteiger partial charge in [0.2, 0.25) is 0 Å². The third-order valence-corrected chi connectivity index (χ3v) is 6.13. The largest absolute Gasteiger partial charge is 0.481 e. The topological polar surface area (TPSA) is 79.7 Å². The molecule has 2 fully saturated rings. The number of likely N-dealkylation sites (tertiary alicyclic amines) is 1. The monoisotopic (exact) mass is 394 g/mol. The Kier molecular flexibility index (Phi) is 5.62. The minimum absolute atomic E-state index is 0.00446. The van der Waals surface area contributed by atoms with Crippen LogP contribution in [0.4, 0.5) is 0 Å². The van der Waals surface area contributed by atoms with Crippen LogP contribution in [0.3, 0.4) is 0 Å². The summed E-state index contributed by atoms with van der Waals surface area (Å²) in [5.74, 6) is -0.997. The smallest absolute Gasteiger partial charge is 0.309 e. The van der Waals surface area contributed by atoms with Crippen LogP contribution in [0.25, 0.3) is 11.3 Å². The maximum Gasteiger partial charge on any atom is 0.309 e. The third-order valence-electron chi connectivity index (χ3n) is 6.13. The minimum Gasteiger partial charge on any atom is -0.481 e. The first-order chi connectivity index (χ1) is 14.0. The lowest BCUT2D eigenvalue weighted by Gasteiger charge is -2.35. The quantitative estimate of drug-likeness (QED) is 0.860. The predicted molar refractivity (Wildman–Crippen MR) is 109 cm³/mol. The fraction of sp³-hybridized carbons (Fsp3) is 0.435. The molecule has 152 valence electrons. The summed E-state index contributed by atoms with van der Waals surface area (Å²) in [4.78, 5) is 30.9. The van der Waals surface area contributed by atoms with E-state index in [1.807, 2.05) is 54.3 Å². The standard InChI is InChI=1S/C23H26N2O4/c1-15-18(7-8-20(24-15)16-5-3-2-4-6-16)22(26)25-12-9-17(10-13-25)21-19(23(27)28)11-14-29-21/h2-8,17,19,21H,9-14H2,1H3,(H,27,28)/t19?,21-/m0/s1. The van der Waals surface area contributed by atoms with Crippen molar-refractivity contribution in [2.75, 3.05) is 19.7 Å². The molecule has 2 saturated heterocycles. The van der Waals surface area contributed by atoms with Gasteiger partial charge in [-0.05, 0) is 44.2 Å². The van der Waals surface area contributed by atoms with E-state index in [0.29, 0.717) is 31.7 Å². The van der Waals surface area contributed by atoms with Crippen LogP contribution in [0.1, 0.15) is 35.3 Å². The number of carboxylic acid groups (broad SMARTS) is 1. The predicted octanol–water partition coefficient (Wildman–Crippen LogP) is 3.40. The van der Waals surface area contributed by atoms with Gasteiger partial charge in [-0.3, -0.25) is 14.6 Å². The van der Waals surface area contributed by atoms with Gasteiger partial charge in [-0.25, -0.2) is 0 Å². The van der Waals surface area contributed by atoms with Crippen LogP contribution in [-0.2, 0) is 9.53 Å². The molecule has 2 aliphatic heterocycles. The minimum atomic E-state index is -0.772. The molecule has 2 aromatic rings. The molecule has 0 bridgehead atoms. The highest BCUT2D eigenvalue weighted by molar-refractivity contribution is 5.95. The van der Waals surface area contributed by atoms with Gasteiger partial charge in [-0.1, -0.05) is 30.3 Å². The van der Waals surface area contributed by atoms with Crippen molar-refractivity contribution in [1.29, 1.82) is 0 Å². The first-order valence-electron chi connectivity index (χ1n) is 10.2. The highest BCUT2D eigenvalue weighted by atomic mass is 16.5. The summed E-state index contributed by atoms with van der Waals surface area (Å²) in [6.07, 6.45) is 1.90. The highest BCUT2D eigenvalue weighted by Gasteiger charge is 2.40. The number of hydrogen-bond donors (Lipinski definition) is 1. The molecule has 3 heterocycles. The molecule has 1 aromatic carbocycles. The van der Waals surface area contributed by atoms with Gasteiger partial charge in [0, 0.05) is 25.3 Å². The molecule has 0 saturated carbocycles. The molecule has 0 radical (unpaired) electrons. The molecular formula is C23H26N2O4. The van der Waals surface area contributed by atoms with Gasteiger partial charge in [-0.2, -0.15) is 0 Å². The van der Waals surface area contributed by atoms with E-state index in [-0.39, 0.29) is 17.9 Å². The molecule has 1 unspecified atom stereocenters. The van der Waals surface area contributed by atoms with Crippen LogP contribution in [-0.4, -0.2) is 52.7 Å². The molecule has 6 nitrogen and oxygen atoms in total. The van der Waals surface area contributed by atoms with Crippen LogP contribution < -0.4 is 0 Å². The SMILES string of the molecule is Cc1nc(-c2ccccc2)ccc1C(=O)N1CCC([C@@H]2OCCC2C(=O)O)CC1. The Morgan fingerprint density at radius 1 is 1.07 bits per heavy atom. The van der Waals surface area contributed by atoms with Crippen LogP contribution in [0.2, 0.25) is 0 Å². The number of rotatable bonds is 4. The summed E-state index contributed by atoms with van der Waals surface area (Å²) in [5.41, 5.74) is 3.24. The number of aliphatic carboxylic acids is 1. The van der Waals surface area contributed by atoms with E-state index >= 15 is 0 Å². The molecule has 0 aliphatic carbocycles. The van der Waals surface area contributed by atoms with Gasteiger partial charge in [0.15, 0.2) is 0 Å². The number of benzene rings is 1. The normalized spacial score (nSPS) is 22.6. The summed E-state index contributed by atoms with van der Waals surface area (Å²) in [5, 5.41) is 9.39. The average Bonchev–Trinajstić information content (AvgIpc) is 3.24. The second-order valence-electron chi connectivity index (χ2n) is 7.89. The lowest BCUT2D eigenvalue weighted by molar-refractivity contribution is -0.145. The van der Waals surface area contributed by atoms with E-state index in [2.05, 4.69) is 4.98 Å². The van der Waals surface area contributed by atoms with Crippen molar-refractivity contribution in [2.45, 2.75) is 32.3 Å². The van der Waals surface area contributed by atoms with E-state index in [9.17, 15) is 14.7 Å². The zero-order valence-corrected chi connectivity index (χ0v) is 16.6. The van der Waals surface area contributed by atoms with Gasteiger partial charge in [0.1, 0.15) is 0 Å². The molecule has 0 spiro atoms. The van der Waals surface area contributed by atoms with E-state index in [4.69, 9.17) is 4.74 Å². The Morgan fingerprint density at radius 3 is 2.45 bits per heavy atom. The second-order valence-corrected chi connectivity index (χ2v) is 7.89. The number of ether oxygens (including phenoxy) is 1. The molecule has 6 heteroatoms. The number of carboxylic acids is 1. The van der Waals surface area contributed by atoms with Crippen molar-refractivity contribution in [3.63, 3.8) is 0 Å². The zero-order chi connectivity index (χ0) is 20.4. The van der Waals surface area contributed by atoms with Crippen molar-refractivity contribution < 1.29 is 19.4 Å². The van der Waals surface area contributed by atoms with E-state index < -0.39 is 11.9 Å². The van der Waals surface area contributed by atoms with Crippen molar-refractivity contribution in [1.82, 2.24) is 9.88 Å². The molecule has 2 aliphatic rings. The molecule has 1 N–H and O–H groups in total. The number of pyridine rings is 1. The number of aromatic nitrogens is 1. The van der Waals surface area contributed by atoms with Gasteiger partial charge in [0.25, 0.3) is 5.91 Å². The molecule has 1 amide bonds. The fourth-order valence-corrected chi connectivity index (χ4v) is 4.50. The molecular weight excluding hydrogens is 368 g/mol. The van der Waals surface area contributed by atoms with Crippen molar-refractivity contribution in [3.8, 4) is 11.3 Å². The molecule has 4 rings (SSSR count). The lowest BCUT2D eigenvalue weighted by Crippen LogP contribution is -2.43. The maximum atomic E-state index is 13.0. The summed E-state index contributed by atoms with van der Waals surface area (Å²) >= 11 is 0. The van der Waals surface area contributed by atoms with E-state index in [1.165, 1.54) is 0 Å². The molecule has 29 heavy (non-hydrogen) atoms. The van der Waals surface area contributed by atoms with Gasteiger partial charge < -0.3 is 14.7 Å². The van der Waals surface area contributed by atoms with Gasteiger partial charge in [0.05, 0.1) is 29.0 Å². The Balaban J connectivity index is 1.41. The number of carbonyl (C=O) groups excluding carboxylic acids is 1. The fourth-order valence-electron chi connectivity index (χ4n) is 4.50. The Morgan fingerprint density at radius 2 is 1.79 bits per heavy atom. The van der Waals surface area contributed by atoms with Crippen LogP contribution in [0.5, 0.6) is 0 Å². The maximum absolute atomic E-state index is 13.0. The van der Waals surface area contributed by atoms with E-state index in [1.54, 1.807) is 0 Å². The first kappa shape index (κ1) is 19.6. The van der Waals surface area contributed by atoms with E-state index in [0.717, 1.165) is 29.8 Å². The Labute approximate surface area is 170 Å². The Bertz CT molecular complexity index is 891. The number of carbonyl (C=O) groups is 2. The lowest BCUT2D eigenvalue weighted by atomic mass is 9.84. The van der Waals surface area contributed by atoms with Crippen LogP contribution in [0, 0.1) is 18.8 Å². The number of piperidine rings is 1. The van der Waals surface area contributed by atoms with Gasteiger partial charge >= 0.3 is 5.97 Å². The average molecular weight is 394 g/mol. The number of hydrogen-bond acceptors (Lipinski definition) is 4. The Hall–Kier alpha value is -2.73. The van der Waals surface area contributed by atoms with Gasteiger partial charge in [-0.15, -0.1) is 0 Å².